The van der Waals surface area contributed by atoms with Crippen molar-refractivity contribution < 1.29 is 14.3 Å². The lowest BCUT2D eigenvalue weighted by molar-refractivity contribution is -0.141. The molecule has 0 atom stereocenters. The quantitative estimate of drug-likeness (QED) is 0.809. The van der Waals surface area contributed by atoms with Gasteiger partial charge in [-0.15, -0.1) is 0 Å². The van der Waals surface area contributed by atoms with E-state index in [-0.39, 0.29) is 24.3 Å². The van der Waals surface area contributed by atoms with E-state index in [4.69, 9.17) is 4.74 Å². The van der Waals surface area contributed by atoms with Crippen molar-refractivity contribution in [3.63, 3.8) is 0 Å². The molecule has 21 heavy (non-hydrogen) atoms. The summed E-state index contributed by atoms with van der Waals surface area (Å²) in [6.07, 6.45) is 4.68. The maximum absolute atomic E-state index is 11.8. The monoisotopic (exact) mass is 291 g/mol. The third-order valence-electron chi connectivity index (χ3n) is 3.55. The number of esters is 1. The molecule has 1 fully saturated rings. The largest absolute Gasteiger partial charge is 0.465 e. The molecule has 1 N–H and O–H groups in total. The van der Waals surface area contributed by atoms with E-state index in [0.29, 0.717) is 18.1 Å². The van der Waals surface area contributed by atoms with Gasteiger partial charge in [0, 0.05) is 13.0 Å². The zero-order chi connectivity index (χ0) is 15.2. The predicted molar refractivity (Wildman–Crippen MR) is 80.1 cm³/mol. The zero-order valence-corrected chi connectivity index (χ0v) is 12.5. The molecular formula is C15H21N3O3. The molecule has 6 nitrogen and oxygen atoms in total. The topological polar surface area (TPSA) is 71.5 Å². The molecule has 0 aromatic carbocycles. The lowest BCUT2D eigenvalue weighted by atomic mass is 9.85. The first kappa shape index (κ1) is 15.3. The van der Waals surface area contributed by atoms with E-state index in [1.165, 1.54) is 0 Å². The Balaban J connectivity index is 1.88. The Labute approximate surface area is 124 Å². The van der Waals surface area contributed by atoms with E-state index in [1.54, 1.807) is 37.2 Å². The van der Waals surface area contributed by atoms with Crippen molar-refractivity contribution in [2.24, 2.45) is 5.92 Å². The Bertz CT molecular complexity index is 497. The van der Waals surface area contributed by atoms with Crippen molar-refractivity contribution in [2.45, 2.75) is 26.2 Å². The van der Waals surface area contributed by atoms with Crippen LogP contribution in [0.25, 0.3) is 0 Å². The number of carbonyl (C=O) groups is 2. The minimum absolute atomic E-state index is 0.0654. The zero-order valence-electron chi connectivity index (χ0n) is 12.5. The molecule has 0 saturated heterocycles. The number of pyridine rings is 1. The van der Waals surface area contributed by atoms with Crippen molar-refractivity contribution in [3.05, 3.63) is 18.3 Å². The molecule has 2 rings (SSSR count). The molecular weight excluding hydrogens is 270 g/mol. The van der Waals surface area contributed by atoms with E-state index in [2.05, 4.69) is 10.3 Å². The summed E-state index contributed by atoms with van der Waals surface area (Å²) in [5.41, 5.74) is 0.681. The number of ether oxygens (including phenoxy) is 1. The fourth-order valence-corrected chi connectivity index (χ4v) is 2.08. The fraction of sp³-hybridized carbons (Fsp3) is 0.533. The molecule has 0 bridgehead atoms. The number of likely N-dealkylation sites (N-methyl/N-ethyl adjacent to an activating group) is 1. The molecule has 0 unspecified atom stereocenters. The van der Waals surface area contributed by atoms with Gasteiger partial charge in [0.15, 0.2) is 0 Å². The average molecular weight is 291 g/mol. The predicted octanol–water partition coefficient (Wildman–Crippen LogP) is 1.82. The number of hydrogen-bond acceptors (Lipinski definition) is 5. The SMILES string of the molecule is CCOC(=O)CN(C)c1ccc(NC(=O)C2CCC2)cn1. The summed E-state index contributed by atoms with van der Waals surface area (Å²) in [5.74, 6) is 0.584. The first-order chi connectivity index (χ1) is 10.1. The van der Waals surface area contributed by atoms with E-state index in [1.807, 2.05) is 0 Å². The van der Waals surface area contributed by atoms with Gasteiger partial charge in [-0.1, -0.05) is 6.42 Å². The van der Waals surface area contributed by atoms with E-state index < -0.39 is 0 Å². The van der Waals surface area contributed by atoms with Crippen LogP contribution >= 0.6 is 0 Å². The maximum atomic E-state index is 11.8. The van der Waals surface area contributed by atoms with Crippen LogP contribution in [0.4, 0.5) is 11.5 Å². The molecule has 1 heterocycles. The highest BCUT2D eigenvalue weighted by atomic mass is 16.5. The fourth-order valence-electron chi connectivity index (χ4n) is 2.08. The summed E-state index contributed by atoms with van der Waals surface area (Å²) in [4.78, 5) is 29.2. The van der Waals surface area contributed by atoms with Gasteiger partial charge in [-0.3, -0.25) is 9.59 Å². The van der Waals surface area contributed by atoms with Gasteiger partial charge in [-0.05, 0) is 31.9 Å². The summed E-state index contributed by atoms with van der Waals surface area (Å²) in [5, 5.41) is 2.86. The third kappa shape index (κ3) is 4.18. The van der Waals surface area contributed by atoms with Crippen molar-refractivity contribution in [1.29, 1.82) is 0 Å². The third-order valence-corrected chi connectivity index (χ3v) is 3.55. The summed E-state index contributed by atoms with van der Waals surface area (Å²) >= 11 is 0. The van der Waals surface area contributed by atoms with Crippen LogP contribution in [-0.2, 0) is 14.3 Å². The highest BCUT2D eigenvalue weighted by Crippen LogP contribution is 2.27. The van der Waals surface area contributed by atoms with Crippen LogP contribution in [0.3, 0.4) is 0 Å². The second-order valence-corrected chi connectivity index (χ2v) is 5.18. The molecule has 0 spiro atoms. The number of rotatable bonds is 6. The number of anilines is 2. The second kappa shape index (κ2) is 7.06. The standard InChI is InChI=1S/C15H21N3O3/c1-3-21-14(19)10-18(2)13-8-7-12(9-16-13)17-15(20)11-5-4-6-11/h7-9,11H,3-6,10H2,1-2H3,(H,17,20). The van der Waals surface area contributed by atoms with Crippen LogP contribution in [-0.4, -0.2) is 37.1 Å². The van der Waals surface area contributed by atoms with Gasteiger partial charge in [0.2, 0.25) is 5.91 Å². The van der Waals surface area contributed by atoms with Gasteiger partial charge in [0.25, 0.3) is 0 Å². The average Bonchev–Trinajstić information content (AvgIpc) is 2.37. The highest BCUT2D eigenvalue weighted by Gasteiger charge is 2.25. The molecule has 1 saturated carbocycles. The number of amides is 1. The Morgan fingerprint density at radius 2 is 2.19 bits per heavy atom. The van der Waals surface area contributed by atoms with Crippen molar-refractivity contribution in [2.75, 3.05) is 30.4 Å². The number of aromatic nitrogens is 1. The van der Waals surface area contributed by atoms with Crippen LogP contribution in [0.5, 0.6) is 0 Å². The van der Waals surface area contributed by atoms with E-state index in [0.717, 1.165) is 19.3 Å². The number of hydrogen-bond donors (Lipinski definition) is 1. The molecule has 114 valence electrons. The summed E-state index contributed by atoms with van der Waals surface area (Å²) in [6.45, 7) is 2.29. The first-order valence-corrected chi connectivity index (χ1v) is 7.24. The lowest BCUT2D eigenvalue weighted by Gasteiger charge is -2.24. The van der Waals surface area contributed by atoms with Crippen LogP contribution in [0, 0.1) is 5.92 Å². The minimum Gasteiger partial charge on any atom is -0.465 e. The van der Waals surface area contributed by atoms with E-state index in [9.17, 15) is 9.59 Å². The Hall–Kier alpha value is -2.11. The van der Waals surface area contributed by atoms with Gasteiger partial charge in [0.1, 0.15) is 12.4 Å². The van der Waals surface area contributed by atoms with Gasteiger partial charge in [-0.2, -0.15) is 0 Å². The van der Waals surface area contributed by atoms with Gasteiger partial charge >= 0.3 is 5.97 Å². The first-order valence-electron chi connectivity index (χ1n) is 7.24. The molecule has 1 aliphatic rings. The highest BCUT2D eigenvalue weighted by molar-refractivity contribution is 5.92. The Morgan fingerprint density at radius 1 is 1.43 bits per heavy atom. The number of nitrogens with one attached hydrogen (secondary N) is 1. The smallest absolute Gasteiger partial charge is 0.325 e. The van der Waals surface area contributed by atoms with Gasteiger partial charge in [-0.25, -0.2) is 4.98 Å². The van der Waals surface area contributed by atoms with Crippen LogP contribution in [0.15, 0.2) is 18.3 Å². The van der Waals surface area contributed by atoms with Gasteiger partial charge < -0.3 is 15.0 Å². The van der Waals surface area contributed by atoms with E-state index >= 15 is 0 Å². The second-order valence-electron chi connectivity index (χ2n) is 5.18. The summed E-state index contributed by atoms with van der Waals surface area (Å²) in [6, 6.07) is 3.57. The van der Waals surface area contributed by atoms with Gasteiger partial charge in [0.05, 0.1) is 18.5 Å². The molecule has 0 aliphatic heterocycles. The van der Waals surface area contributed by atoms with Crippen molar-refractivity contribution >= 4 is 23.4 Å². The maximum Gasteiger partial charge on any atom is 0.325 e. The van der Waals surface area contributed by atoms with Crippen molar-refractivity contribution in [3.8, 4) is 0 Å². The number of carbonyl (C=O) groups excluding carboxylic acids is 2. The normalized spacial score (nSPS) is 14.2. The van der Waals surface area contributed by atoms with Crippen LogP contribution < -0.4 is 10.2 Å². The molecule has 6 heteroatoms. The summed E-state index contributed by atoms with van der Waals surface area (Å²) < 4.78 is 4.89. The lowest BCUT2D eigenvalue weighted by Crippen LogP contribution is -2.29. The Kier molecular flexibility index (Phi) is 5.14. The summed E-state index contributed by atoms with van der Waals surface area (Å²) in [7, 11) is 1.77. The minimum atomic E-state index is -0.288. The number of nitrogens with zero attached hydrogens (tertiary/aromatic N) is 2. The molecule has 0 radical (unpaired) electrons. The van der Waals surface area contributed by atoms with Crippen LogP contribution in [0.1, 0.15) is 26.2 Å². The molecule has 1 aliphatic carbocycles. The Morgan fingerprint density at radius 3 is 2.71 bits per heavy atom. The molecule has 1 aromatic rings. The van der Waals surface area contributed by atoms with Crippen LogP contribution in [0.2, 0.25) is 0 Å². The molecule has 1 aromatic heterocycles. The van der Waals surface area contributed by atoms with Crippen molar-refractivity contribution in [1.82, 2.24) is 4.98 Å². The molecule has 1 amide bonds.